The number of nitrogens with zero attached hydrogens (tertiary/aromatic N) is 2. The Morgan fingerprint density at radius 1 is 1.32 bits per heavy atom. The molecule has 19 heavy (non-hydrogen) atoms. The maximum atomic E-state index is 11.9. The van der Waals surface area contributed by atoms with Crippen LogP contribution >= 0.6 is 11.5 Å². The zero-order valence-corrected chi connectivity index (χ0v) is 10.6. The van der Waals surface area contributed by atoms with E-state index in [1.807, 2.05) is 6.07 Å². The molecule has 1 unspecified atom stereocenters. The number of carbonyl (C=O) groups is 2. The summed E-state index contributed by atoms with van der Waals surface area (Å²) in [5, 5.41) is 15.2. The Morgan fingerprint density at radius 2 is 2.05 bits per heavy atom. The Bertz CT molecular complexity index is 557. The summed E-state index contributed by atoms with van der Waals surface area (Å²) in [7, 11) is 0. The summed E-state index contributed by atoms with van der Waals surface area (Å²) >= 11 is 0.967. The molecular formula is C12H11N3O3S. The van der Waals surface area contributed by atoms with Gasteiger partial charge in [-0.1, -0.05) is 34.8 Å². The third-order valence-electron chi connectivity index (χ3n) is 2.47. The minimum Gasteiger partial charge on any atom is -0.481 e. The quantitative estimate of drug-likeness (QED) is 0.863. The van der Waals surface area contributed by atoms with E-state index in [2.05, 4.69) is 14.9 Å². The maximum Gasteiger partial charge on any atom is 0.305 e. The lowest BCUT2D eigenvalue weighted by molar-refractivity contribution is -0.137. The molecule has 0 fully saturated rings. The monoisotopic (exact) mass is 277 g/mol. The standard InChI is InChI=1S/C12H11N3O3S/c16-11(17)6-9(8-4-2-1-3-5-8)14-12(18)10-7-13-15-19-10/h1-5,7,9H,6H2,(H,14,18)(H,16,17). The Hall–Kier alpha value is -2.28. The van der Waals surface area contributed by atoms with Crippen LogP contribution in [-0.4, -0.2) is 26.6 Å². The minimum atomic E-state index is -0.975. The van der Waals surface area contributed by atoms with Crippen LogP contribution in [0.2, 0.25) is 0 Å². The van der Waals surface area contributed by atoms with Crippen LogP contribution in [0.25, 0.3) is 0 Å². The number of hydrogen-bond donors (Lipinski definition) is 2. The molecule has 1 aromatic heterocycles. The highest BCUT2D eigenvalue weighted by atomic mass is 32.1. The summed E-state index contributed by atoms with van der Waals surface area (Å²) in [6.07, 6.45) is 1.17. The Morgan fingerprint density at radius 3 is 2.63 bits per heavy atom. The molecule has 0 saturated carbocycles. The van der Waals surface area contributed by atoms with E-state index in [0.29, 0.717) is 4.88 Å². The van der Waals surface area contributed by atoms with Gasteiger partial charge in [0, 0.05) is 0 Å². The summed E-state index contributed by atoms with van der Waals surface area (Å²) in [4.78, 5) is 23.1. The lowest BCUT2D eigenvalue weighted by atomic mass is 10.0. The van der Waals surface area contributed by atoms with Crippen molar-refractivity contribution < 1.29 is 14.7 Å². The molecule has 0 saturated heterocycles. The third-order valence-corrected chi connectivity index (χ3v) is 3.13. The highest BCUT2D eigenvalue weighted by Crippen LogP contribution is 2.17. The molecule has 2 N–H and O–H groups in total. The molecule has 1 amide bonds. The summed E-state index contributed by atoms with van der Waals surface area (Å²) in [6, 6.07) is 8.40. The maximum absolute atomic E-state index is 11.9. The van der Waals surface area contributed by atoms with Crippen molar-refractivity contribution in [2.45, 2.75) is 12.5 Å². The van der Waals surface area contributed by atoms with E-state index in [-0.39, 0.29) is 12.3 Å². The van der Waals surface area contributed by atoms with E-state index in [1.165, 1.54) is 6.20 Å². The molecule has 0 aliphatic rings. The van der Waals surface area contributed by atoms with Gasteiger partial charge in [0.2, 0.25) is 0 Å². The number of rotatable bonds is 5. The zero-order valence-electron chi connectivity index (χ0n) is 9.81. The van der Waals surface area contributed by atoms with E-state index in [1.54, 1.807) is 24.3 Å². The molecule has 2 rings (SSSR count). The number of carboxylic acids is 1. The van der Waals surface area contributed by atoms with E-state index >= 15 is 0 Å². The predicted octanol–water partition coefficient (Wildman–Crippen LogP) is 1.48. The van der Waals surface area contributed by atoms with Crippen molar-refractivity contribution in [2.24, 2.45) is 0 Å². The normalized spacial score (nSPS) is 11.8. The van der Waals surface area contributed by atoms with Gasteiger partial charge >= 0.3 is 5.97 Å². The second kappa shape index (κ2) is 6.05. The van der Waals surface area contributed by atoms with Crippen LogP contribution < -0.4 is 5.32 Å². The van der Waals surface area contributed by atoms with Crippen LogP contribution in [-0.2, 0) is 4.79 Å². The predicted molar refractivity (Wildman–Crippen MR) is 68.8 cm³/mol. The second-order valence-corrected chi connectivity index (χ2v) is 4.60. The molecular weight excluding hydrogens is 266 g/mol. The van der Waals surface area contributed by atoms with Gasteiger partial charge in [-0.3, -0.25) is 9.59 Å². The van der Waals surface area contributed by atoms with Crippen molar-refractivity contribution in [2.75, 3.05) is 0 Å². The van der Waals surface area contributed by atoms with Gasteiger partial charge in [0.25, 0.3) is 5.91 Å². The van der Waals surface area contributed by atoms with Crippen molar-refractivity contribution in [3.05, 3.63) is 47.0 Å². The van der Waals surface area contributed by atoms with Gasteiger partial charge in [-0.15, -0.1) is 5.10 Å². The number of nitrogens with one attached hydrogen (secondary N) is 1. The van der Waals surface area contributed by atoms with Gasteiger partial charge in [0.05, 0.1) is 18.7 Å². The average molecular weight is 277 g/mol. The van der Waals surface area contributed by atoms with Gasteiger partial charge < -0.3 is 10.4 Å². The van der Waals surface area contributed by atoms with Crippen LogP contribution in [0.4, 0.5) is 0 Å². The van der Waals surface area contributed by atoms with E-state index in [9.17, 15) is 9.59 Å². The number of benzene rings is 1. The van der Waals surface area contributed by atoms with Crippen molar-refractivity contribution in [3.63, 3.8) is 0 Å². The number of amides is 1. The first-order chi connectivity index (χ1) is 9.16. The smallest absolute Gasteiger partial charge is 0.305 e. The van der Waals surface area contributed by atoms with E-state index in [0.717, 1.165) is 17.1 Å². The van der Waals surface area contributed by atoms with E-state index in [4.69, 9.17) is 5.11 Å². The summed E-state index contributed by atoms with van der Waals surface area (Å²) in [5.41, 5.74) is 0.746. The number of carboxylic acid groups (broad SMARTS) is 1. The first-order valence-corrected chi connectivity index (χ1v) is 6.29. The van der Waals surface area contributed by atoms with Crippen molar-refractivity contribution in [1.29, 1.82) is 0 Å². The lowest BCUT2D eigenvalue weighted by Gasteiger charge is -2.16. The molecule has 1 heterocycles. The van der Waals surface area contributed by atoms with Crippen molar-refractivity contribution >= 4 is 23.4 Å². The highest BCUT2D eigenvalue weighted by molar-refractivity contribution is 7.07. The average Bonchev–Trinajstić information content (AvgIpc) is 2.92. The van der Waals surface area contributed by atoms with E-state index < -0.39 is 12.0 Å². The molecule has 7 heteroatoms. The highest BCUT2D eigenvalue weighted by Gasteiger charge is 2.19. The second-order valence-electron chi connectivity index (χ2n) is 3.82. The van der Waals surface area contributed by atoms with Crippen molar-refractivity contribution in [3.8, 4) is 0 Å². The van der Waals surface area contributed by atoms with Crippen LogP contribution in [0.5, 0.6) is 0 Å². The largest absolute Gasteiger partial charge is 0.481 e. The fraction of sp³-hybridized carbons (Fsp3) is 0.167. The first kappa shape index (κ1) is 13.2. The van der Waals surface area contributed by atoms with Crippen LogP contribution in [0, 0.1) is 0 Å². The summed E-state index contributed by atoms with van der Waals surface area (Å²) in [6.45, 7) is 0. The molecule has 0 spiro atoms. The molecule has 0 bridgehead atoms. The van der Waals surface area contributed by atoms with Crippen LogP contribution in [0.15, 0.2) is 36.5 Å². The number of aliphatic carboxylic acids is 1. The van der Waals surface area contributed by atoms with Gasteiger partial charge in [-0.05, 0) is 17.1 Å². The topological polar surface area (TPSA) is 92.2 Å². The Balaban J connectivity index is 2.15. The van der Waals surface area contributed by atoms with Gasteiger partial charge in [0.15, 0.2) is 0 Å². The molecule has 1 atom stereocenters. The molecule has 0 radical (unpaired) electrons. The fourth-order valence-electron chi connectivity index (χ4n) is 1.61. The molecule has 0 aliphatic carbocycles. The molecule has 2 aromatic rings. The molecule has 1 aromatic carbocycles. The van der Waals surface area contributed by atoms with Crippen LogP contribution in [0.1, 0.15) is 27.7 Å². The molecule has 6 nitrogen and oxygen atoms in total. The molecule has 0 aliphatic heterocycles. The number of aromatic nitrogens is 2. The van der Waals surface area contributed by atoms with Gasteiger partial charge in [-0.25, -0.2) is 0 Å². The van der Waals surface area contributed by atoms with Crippen LogP contribution in [0.3, 0.4) is 0 Å². The fourth-order valence-corrected chi connectivity index (χ4v) is 2.03. The Labute approximate surface area is 113 Å². The Kier molecular flexibility index (Phi) is 4.19. The first-order valence-electron chi connectivity index (χ1n) is 5.52. The van der Waals surface area contributed by atoms with Crippen molar-refractivity contribution in [1.82, 2.24) is 14.9 Å². The summed E-state index contributed by atoms with van der Waals surface area (Å²) in [5.74, 6) is -1.35. The summed E-state index contributed by atoms with van der Waals surface area (Å²) < 4.78 is 3.60. The third kappa shape index (κ3) is 3.59. The number of hydrogen-bond acceptors (Lipinski definition) is 5. The SMILES string of the molecule is O=C(O)CC(NC(=O)c1cnns1)c1ccccc1. The lowest BCUT2D eigenvalue weighted by Crippen LogP contribution is -2.29. The number of carbonyl (C=O) groups excluding carboxylic acids is 1. The van der Waals surface area contributed by atoms with Gasteiger partial charge in [-0.2, -0.15) is 0 Å². The molecule has 98 valence electrons. The zero-order chi connectivity index (χ0) is 13.7. The van der Waals surface area contributed by atoms with Gasteiger partial charge in [0.1, 0.15) is 4.88 Å². The minimum absolute atomic E-state index is 0.179.